The van der Waals surface area contributed by atoms with E-state index in [4.69, 9.17) is 21.1 Å². The molecule has 17 heavy (non-hydrogen) atoms. The molecule has 0 heterocycles. The normalized spacial score (nSPS) is 12.1. The average Bonchev–Trinajstić information content (AvgIpc) is 2.29. The summed E-state index contributed by atoms with van der Waals surface area (Å²) in [5.41, 5.74) is 0.791. The van der Waals surface area contributed by atoms with Crippen LogP contribution >= 0.6 is 11.6 Å². The Morgan fingerprint density at radius 1 is 1.29 bits per heavy atom. The monoisotopic (exact) mass is 259 g/mol. The van der Waals surface area contributed by atoms with E-state index in [1.165, 1.54) is 0 Å². The summed E-state index contributed by atoms with van der Waals surface area (Å²) < 4.78 is 10.3. The second kappa shape index (κ2) is 6.57. The van der Waals surface area contributed by atoms with E-state index >= 15 is 0 Å². The van der Waals surface area contributed by atoms with E-state index in [0.717, 1.165) is 5.69 Å². The first-order chi connectivity index (χ1) is 8.08. The molecule has 1 aromatic rings. The van der Waals surface area contributed by atoms with Gasteiger partial charge >= 0.3 is 0 Å². The summed E-state index contributed by atoms with van der Waals surface area (Å²) in [6, 6.07) is 3.48. The third kappa shape index (κ3) is 3.98. The minimum absolute atomic E-state index is 0.331. The number of halogens is 1. The first kappa shape index (κ1) is 13.9. The highest BCUT2D eigenvalue weighted by Crippen LogP contribution is 2.35. The van der Waals surface area contributed by atoms with Gasteiger partial charge in [-0.05, 0) is 19.4 Å². The van der Waals surface area contributed by atoms with E-state index in [1.807, 2.05) is 0 Å². The van der Waals surface area contributed by atoms with E-state index in [0.29, 0.717) is 29.5 Å². The molecule has 0 aliphatic rings. The largest absolute Gasteiger partial charge is 0.495 e. The predicted molar refractivity (Wildman–Crippen MR) is 69.3 cm³/mol. The maximum absolute atomic E-state index is 9.18. The van der Waals surface area contributed by atoms with Crippen LogP contribution in [0.25, 0.3) is 0 Å². The third-order valence-electron chi connectivity index (χ3n) is 2.35. The van der Waals surface area contributed by atoms with Gasteiger partial charge in [-0.25, -0.2) is 0 Å². The standard InChI is InChI=1S/C12H18ClNO3/c1-8(15)4-5-14-10-6-9(13)11(16-2)7-12(10)17-3/h6-8,14-15H,4-5H2,1-3H3. The Kier molecular flexibility index (Phi) is 5.38. The first-order valence-electron chi connectivity index (χ1n) is 5.42. The molecule has 0 aliphatic heterocycles. The Hall–Kier alpha value is -1.13. The zero-order valence-electron chi connectivity index (χ0n) is 10.3. The van der Waals surface area contributed by atoms with Crippen LogP contribution in [0.5, 0.6) is 11.5 Å². The molecule has 0 radical (unpaired) electrons. The van der Waals surface area contributed by atoms with Crippen LogP contribution in [0.15, 0.2) is 12.1 Å². The van der Waals surface area contributed by atoms with Crippen LogP contribution in [0.1, 0.15) is 13.3 Å². The van der Waals surface area contributed by atoms with Crippen molar-refractivity contribution in [3.63, 3.8) is 0 Å². The lowest BCUT2D eigenvalue weighted by atomic mass is 10.2. The maximum Gasteiger partial charge on any atom is 0.145 e. The first-order valence-corrected chi connectivity index (χ1v) is 5.79. The molecule has 4 nitrogen and oxygen atoms in total. The summed E-state index contributed by atoms with van der Waals surface area (Å²) in [7, 11) is 3.14. The molecule has 0 saturated carbocycles. The molecule has 1 aromatic carbocycles. The molecule has 1 rings (SSSR count). The number of aliphatic hydroxyl groups is 1. The van der Waals surface area contributed by atoms with Gasteiger partial charge in [0.25, 0.3) is 0 Å². The fourth-order valence-electron chi connectivity index (χ4n) is 1.41. The van der Waals surface area contributed by atoms with E-state index in [-0.39, 0.29) is 6.10 Å². The molecule has 0 spiro atoms. The number of benzene rings is 1. The SMILES string of the molecule is COc1cc(OC)c(NCCC(C)O)cc1Cl. The van der Waals surface area contributed by atoms with Crippen LogP contribution < -0.4 is 14.8 Å². The predicted octanol–water partition coefficient (Wildman–Crippen LogP) is 2.54. The van der Waals surface area contributed by atoms with Crippen molar-refractivity contribution in [2.75, 3.05) is 26.1 Å². The van der Waals surface area contributed by atoms with Crippen molar-refractivity contribution in [3.8, 4) is 11.5 Å². The van der Waals surface area contributed by atoms with Gasteiger partial charge in [0.1, 0.15) is 11.5 Å². The molecule has 0 amide bonds. The zero-order chi connectivity index (χ0) is 12.8. The minimum Gasteiger partial charge on any atom is -0.495 e. The molecule has 1 unspecified atom stereocenters. The van der Waals surface area contributed by atoms with Crippen molar-refractivity contribution in [3.05, 3.63) is 17.2 Å². The number of methoxy groups -OCH3 is 2. The van der Waals surface area contributed by atoms with Gasteiger partial charge in [-0.2, -0.15) is 0 Å². The van der Waals surface area contributed by atoms with Gasteiger partial charge in [-0.3, -0.25) is 0 Å². The second-order valence-electron chi connectivity index (χ2n) is 3.75. The van der Waals surface area contributed by atoms with Crippen molar-refractivity contribution in [2.24, 2.45) is 0 Å². The maximum atomic E-state index is 9.18. The van der Waals surface area contributed by atoms with Gasteiger partial charge in [0.15, 0.2) is 0 Å². The molecule has 0 saturated heterocycles. The lowest BCUT2D eigenvalue weighted by molar-refractivity contribution is 0.188. The van der Waals surface area contributed by atoms with Crippen molar-refractivity contribution in [1.82, 2.24) is 0 Å². The number of anilines is 1. The summed E-state index contributed by atoms with van der Waals surface area (Å²) in [5.74, 6) is 1.24. The van der Waals surface area contributed by atoms with Crippen LogP contribution in [0.2, 0.25) is 5.02 Å². The van der Waals surface area contributed by atoms with Crippen LogP contribution in [-0.4, -0.2) is 32.0 Å². The molecule has 1 atom stereocenters. The molecule has 0 fully saturated rings. The molecule has 2 N–H and O–H groups in total. The Labute approximate surface area is 106 Å². The van der Waals surface area contributed by atoms with Crippen LogP contribution in [0, 0.1) is 0 Å². The van der Waals surface area contributed by atoms with Crippen molar-refractivity contribution in [1.29, 1.82) is 0 Å². The Bertz CT molecular complexity index is 369. The Balaban J connectivity index is 2.79. The van der Waals surface area contributed by atoms with Crippen molar-refractivity contribution < 1.29 is 14.6 Å². The lowest BCUT2D eigenvalue weighted by Crippen LogP contribution is -2.10. The van der Waals surface area contributed by atoms with E-state index in [2.05, 4.69) is 5.32 Å². The summed E-state index contributed by atoms with van der Waals surface area (Å²) in [6.07, 6.45) is 0.328. The summed E-state index contributed by atoms with van der Waals surface area (Å²) in [6.45, 7) is 2.40. The molecular weight excluding hydrogens is 242 g/mol. The Morgan fingerprint density at radius 2 is 1.94 bits per heavy atom. The van der Waals surface area contributed by atoms with Gasteiger partial charge < -0.3 is 19.9 Å². The lowest BCUT2D eigenvalue weighted by Gasteiger charge is -2.14. The smallest absolute Gasteiger partial charge is 0.145 e. The van der Waals surface area contributed by atoms with Crippen molar-refractivity contribution in [2.45, 2.75) is 19.4 Å². The molecule has 0 bridgehead atoms. The summed E-state index contributed by atoms with van der Waals surface area (Å²) in [4.78, 5) is 0. The van der Waals surface area contributed by atoms with Gasteiger partial charge in [0.2, 0.25) is 0 Å². The van der Waals surface area contributed by atoms with Gasteiger partial charge in [0.05, 0.1) is 31.0 Å². The molecule has 0 aliphatic carbocycles. The zero-order valence-corrected chi connectivity index (χ0v) is 11.0. The highest BCUT2D eigenvalue weighted by Gasteiger charge is 2.09. The van der Waals surface area contributed by atoms with E-state index in [9.17, 15) is 5.11 Å². The molecular formula is C12H18ClNO3. The Morgan fingerprint density at radius 3 is 2.47 bits per heavy atom. The summed E-state index contributed by atoms with van der Waals surface area (Å²) in [5, 5.41) is 12.9. The second-order valence-corrected chi connectivity index (χ2v) is 4.16. The topological polar surface area (TPSA) is 50.7 Å². The number of hydrogen-bond acceptors (Lipinski definition) is 4. The third-order valence-corrected chi connectivity index (χ3v) is 2.65. The molecule has 5 heteroatoms. The van der Waals surface area contributed by atoms with Gasteiger partial charge in [0, 0.05) is 12.6 Å². The quantitative estimate of drug-likeness (QED) is 0.824. The number of rotatable bonds is 6. The van der Waals surface area contributed by atoms with Crippen LogP contribution in [0.4, 0.5) is 5.69 Å². The van der Waals surface area contributed by atoms with E-state index in [1.54, 1.807) is 33.3 Å². The number of ether oxygens (including phenoxy) is 2. The highest BCUT2D eigenvalue weighted by atomic mass is 35.5. The van der Waals surface area contributed by atoms with Gasteiger partial charge in [-0.15, -0.1) is 0 Å². The van der Waals surface area contributed by atoms with Crippen molar-refractivity contribution >= 4 is 17.3 Å². The molecule has 96 valence electrons. The van der Waals surface area contributed by atoms with E-state index < -0.39 is 0 Å². The fourth-order valence-corrected chi connectivity index (χ4v) is 1.65. The van der Waals surface area contributed by atoms with Crippen LogP contribution in [-0.2, 0) is 0 Å². The number of nitrogens with one attached hydrogen (secondary N) is 1. The van der Waals surface area contributed by atoms with Crippen LogP contribution in [0.3, 0.4) is 0 Å². The number of aliphatic hydroxyl groups excluding tert-OH is 1. The fraction of sp³-hybridized carbons (Fsp3) is 0.500. The summed E-state index contributed by atoms with van der Waals surface area (Å²) >= 11 is 6.03. The number of hydrogen-bond donors (Lipinski definition) is 2. The highest BCUT2D eigenvalue weighted by molar-refractivity contribution is 6.32. The minimum atomic E-state index is -0.331. The van der Waals surface area contributed by atoms with Gasteiger partial charge in [-0.1, -0.05) is 11.6 Å². The average molecular weight is 260 g/mol. The molecule has 0 aromatic heterocycles.